The lowest BCUT2D eigenvalue weighted by Crippen LogP contribution is -2.43. The molecule has 1 unspecified atom stereocenters. The molecular weight excluding hydrogens is 440 g/mol. The molecule has 168 valence electrons. The molecule has 0 spiro atoms. The van der Waals surface area contributed by atoms with Crippen molar-refractivity contribution >= 4 is 27.5 Å². The minimum Gasteiger partial charge on any atom is -0.497 e. The molecule has 1 aliphatic heterocycles. The second-order valence-electron chi connectivity index (χ2n) is 7.47. The minimum atomic E-state index is -3.60. The molecule has 3 rings (SSSR count). The van der Waals surface area contributed by atoms with Gasteiger partial charge in [0, 0.05) is 29.6 Å². The molecule has 1 amide bonds. The van der Waals surface area contributed by atoms with E-state index in [0.29, 0.717) is 42.5 Å². The first kappa shape index (κ1) is 23.4. The lowest BCUT2D eigenvalue weighted by molar-refractivity contribution is -0.126. The van der Waals surface area contributed by atoms with E-state index in [1.165, 1.54) is 16.4 Å². The number of nitrogens with one attached hydrogen (secondary N) is 1. The Hall–Kier alpha value is -2.29. The van der Waals surface area contributed by atoms with Crippen LogP contribution < -0.4 is 14.8 Å². The maximum atomic E-state index is 12.8. The first-order chi connectivity index (χ1) is 14.8. The molecule has 7 nitrogen and oxygen atoms in total. The van der Waals surface area contributed by atoms with Gasteiger partial charge in [0.25, 0.3) is 0 Å². The van der Waals surface area contributed by atoms with Crippen LogP contribution in [-0.4, -0.2) is 45.9 Å². The zero-order valence-corrected chi connectivity index (χ0v) is 19.4. The number of rotatable bonds is 7. The van der Waals surface area contributed by atoms with Crippen molar-refractivity contribution in [3.05, 3.63) is 53.1 Å². The predicted octanol–water partition coefficient (Wildman–Crippen LogP) is 3.64. The van der Waals surface area contributed by atoms with Gasteiger partial charge in [-0.1, -0.05) is 11.6 Å². The average molecular weight is 467 g/mol. The fourth-order valence-electron chi connectivity index (χ4n) is 3.70. The van der Waals surface area contributed by atoms with Crippen LogP contribution in [0.3, 0.4) is 0 Å². The summed E-state index contributed by atoms with van der Waals surface area (Å²) >= 11 is 5.86. The van der Waals surface area contributed by atoms with Gasteiger partial charge in [-0.15, -0.1) is 0 Å². The Morgan fingerprint density at radius 2 is 1.74 bits per heavy atom. The molecule has 0 aromatic heterocycles. The molecule has 1 saturated heterocycles. The summed E-state index contributed by atoms with van der Waals surface area (Å²) < 4.78 is 37.8. The van der Waals surface area contributed by atoms with E-state index >= 15 is 0 Å². The molecule has 0 saturated carbocycles. The number of piperidine rings is 1. The van der Waals surface area contributed by atoms with E-state index in [-0.39, 0.29) is 22.8 Å². The third kappa shape index (κ3) is 5.31. The lowest BCUT2D eigenvalue weighted by Gasteiger charge is -2.31. The monoisotopic (exact) mass is 466 g/mol. The van der Waals surface area contributed by atoms with E-state index in [0.717, 1.165) is 5.56 Å². The van der Waals surface area contributed by atoms with Crippen LogP contribution in [0.25, 0.3) is 0 Å². The molecule has 1 aliphatic rings. The molecule has 1 atom stereocenters. The van der Waals surface area contributed by atoms with Gasteiger partial charge in [0.1, 0.15) is 11.5 Å². The third-order valence-electron chi connectivity index (χ3n) is 5.54. The van der Waals surface area contributed by atoms with E-state index in [2.05, 4.69) is 5.32 Å². The van der Waals surface area contributed by atoms with Crippen molar-refractivity contribution in [2.75, 3.05) is 27.3 Å². The van der Waals surface area contributed by atoms with Crippen LogP contribution in [0.15, 0.2) is 47.4 Å². The van der Waals surface area contributed by atoms with E-state index < -0.39 is 10.0 Å². The quantitative estimate of drug-likeness (QED) is 0.673. The minimum absolute atomic E-state index is 0.0964. The van der Waals surface area contributed by atoms with Crippen LogP contribution in [-0.2, 0) is 14.8 Å². The Kier molecular flexibility index (Phi) is 7.46. The van der Waals surface area contributed by atoms with Crippen molar-refractivity contribution in [2.24, 2.45) is 5.92 Å². The summed E-state index contributed by atoms with van der Waals surface area (Å²) in [4.78, 5) is 13.0. The number of hydrogen-bond donors (Lipinski definition) is 1. The first-order valence-corrected chi connectivity index (χ1v) is 11.9. The Morgan fingerprint density at radius 1 is 1.10 bits per heavy atom. The molecule has 9 heteroatoms. The van der Waals surface area contributed by atoms with Gasteiger partial charge in [-0.05, 0) is 62.2 Å². The van der Waals surface area contributed by atoms with Crippen LogP contribution >= 0.6 is 11.6 Å². The lowest BCUT2D eigenvalue weighted by atomic mass is 9.96. The molecule has 1 heterocycles. The van der Waals surface area contributed by atoms with Crippen molar-refractivity contribution in [1.29, 1.82) is 0 Å². The average Bonchev–Trinajstić information content (AvgIpc) is 2.78. The SMILES string of the molecule is COc1ccc(OC)c(C(C)NC(=O)C2CCN(S(=O)(=O)c3ccc(Cl)cc3)CC2)c1. The molecule has 1 fully saturated rings. The number of amides is 1. The van der Waals surface area contributed by atoms with Crippen molar-refractivity contribution in [2.45, 2.75) is 30.7 Å². The first-order valence-electron chi connectivity index (χ1n) is 10.0. The second kappa shape index (κ2) is 9.89. The number of hydrogen-bond acceptors (Lipinski definition) is 5. The highest BCUT2D eigenvalue weighted by Gasteiger charge is 2.32. The summed E-state index contributed by atoms with van der Waals surface area (Å²) in [5, 5.41) is 3.51. The maximum absolute atomic E-state index is 12.8. The summed E-state index contributed by atoms with van der Waals surface area (Å²) in [7, 11) is -0.434. The molecule has 31 heavy (non-hydrogen) atoms. The van der Waals surface area contributed by atoms with Crippen LogP contribution in [0.5, 0.6) is 11.5 Å². The van der Waals surface area contributed by atoms with Crippen molar-refractivity contribution in [1.82, 2.24) is 9.62 Å². The molecule has 0 bridgehead atoms. The summed E-state index contributed by atoms with van der Waals surface area (Å²) in [5.74, 6) is 0.992. The number of methoxy groups -OCH3 is 2. The molecular formula is C22H27ClN2O5S. The fraction of sp³-hybridized carbons (Fsp3) is 0.409. The zero-order valence-electron chi connectivity index (χ0n) is 17.8. The number of benzene rings is 2. The number of carbonyl (C=O) groups excluding carboxylic acids is 1. The van der Waals surface area contributed by atoms with Gasteiger partial charge in [-0.25, -0.2) is 8.42 Å². The Labute approximate surface area is 188 Å². The van der Waals surface area contributed by atoms with Crippen LogP contribution in [0.4, 0.5) is 0 Å². The van der Waals surface area contributed by atoms with Gasteiger partial charge < -0.3 is 14.8 Å². The van der Waals surface area contributed by atoms with Crippen molar-refractivity contribution in [3.63, 3.8) is 0 Å². The maximum Gasteiger partial charge on any atom is 0.243 e. The fourth-order valence-corrected chi connectivity index (χ4v) is 5.30. The number of carbonyl (C=O) groups is 1. The highest BCUT2D eigenvalue weighted by Crippen LogP contribution is 2.30. The smallest absolute Gasteiger partial charge is 0.243 e. The summed E-state index contributed by atoms with van der Waals surface area (Å²) in [6, 6.07) is 11.3. The summed E-state index contributed by atoms with van der Waals surface area (Å²) in [5.41, 5.74) is 0.818. The summed E-state index contributed by atoms with van der Waals surface area (Å²) in [6.07, 6.45) is 0.918. The van der Waals surface area contributed by atoms with Gasteiger partial charge in [0.05, 0.1) is 25.2 Å². The van der Waals surface area contributed by atoms with Gasteiger partial charge in [-0.2, -0.15) is 4.31 Å². The van der Waals surface area contributed by atoms with E-state index in [4.69, 9.17) is 21.1 Å². The Morgan fingerprint density at radius 3 is 2.32 bits per heavy atom. The Bertz CT molecular complexity index is 1020. The van der Waals surface area contributed by atoms with E-state index in [1.807, 2.05) is 13.0 Å². The normalized spacial score (nSPS) is 16.5. The van der Waals surface area contributed by atoms with Gasteiger partial charge in [0.2, 0.25) is 15.9 Å². The second-order valence-corrected chi connectivity index (χ2v) is 9.84. The van der Waals surface area contributed by atoms with Crippen LogP contribution in [0, 0.1) is 5.92 Å². The van der Waals surface area contributed by atoms with Crippen LogP contribution in [0.2, 0.25) is 5.02 Å². The topological polar surface area (TPSA) is 84.9 Å². The van der Waals surface area contributed by atoms with E-state index in [1.54, 1.807) is 38.5 Å². The molecule has 1 N–H and O–H groups in total. The number of nitrogens with zero attached hydrogens (tertiary/aromatic N) is 1. The van der Waals surface area contributed by atoms with Gasteiger partial charge in [-0.3, -0.25) is 4.79 Å². The van der Waals surface area contributed by atoms with Gasteiger partial charge in [0.15, 0.2) is 0 Å². The number of ether oxygens (including phenoxy) is 2. The highest BCUT2D eigenvalue weighted by atomic mass is 35.5. The third-order valence-corrected chi connectivity index (χ3v) is 7.70. The van der Waals surface area contributed by atoms with E-state index in [9.17, 15) is 13.2 Å². The largest absolute Gasteiger partial charge is 0.497 e. The summed E-state index contributed by atoms with van der Waals surface area (Å²) in [6.45, 7) is 2.47. The van der Waals surface area contributed by atoms with Crippen molar-refractivity contribution < 1.29 is 22.7 Å². The molecule has 0 radical (unpaired) electrons. The predicted molar refractivity (Wildman–Crippen MR) is 119 cm³/mol. The molecule has 0 aliphatic carbocycles. The standard InChI is InChI=1S/C22H27ClN2O5S/c1-15(20-14-18(29-2)6-9-21(20)30-3)24-22(26)16-10-12-25(13-11-16)31(27,28)19-7-4-17(23)5-8-19/h4-9,14-16H,10-13H2,1-3H3,(H,24,26). The van der Waals surface area contributed by atoms with Gasteiger partial charge >= 0.3 is 0 Å². The Balaban J connectivity index is 1.62. The number of halogens is 1. The number of sulfonamides is 1. The highest BCUT2D eigenvalue weighted by molar-refractivity contribution is 7.89. The molecule has 2 aromatic rings. The van der Waals surface area contributed by atoms with Crippen molar-refractivity contribution in [3.8, 4) is 11.5 Å². The van der Waals surface area contributed by atoms with Crippen LogP contribution in [0.1, 0.15) is 31.4 Å². The zero-order chi connectivity index (χ0) is 22.6. The molecule has 2 aromatic carbocycles.